The maximum atomic E-state index is 12.5. The van der Waals surface area contributed by atoms with Crippen molar-refractivity contribution < 1.29 is 9.53 Å². The predicted octanol–water partition coefficient (Wildman–Crippen LogP) is 3.47. The largest absolute Gasteiger partial charge is 0.381 e. The van der Waals surface area contributed by atoms with Gasteiger partial charge in [0.05, 0.1) is 11.6 Å². The second-order valence-corrected chi connectivity index (χ2v) is 7.17. The Labute approximate surface area is 147 Å². The zero-order valence-electron chi connectivity index (χ0n) is 14.0. The van der Waals surface area contributed by atoms with Crippen LogP contribution in [0.4, 0.5) is 0 Å². The van der Waals surface area contributed by atoms with Crippen LogP contribution in [0.15, 0.2) is 35.7 Å². The molecule has 1 fully saturated rings. The molecule has 0 radical (unpaired) electrons. The molecule has 5 heteroatoms. The van der Waals surface area contributed by atoms with E-state index in [1.807, 2.05) is 23.6 Å². The predicted molar refractivity (Wildman–Crippen MR) is 96.4 cm³/mol. The molecule has 3 rings (SSSR count). The van der Waals surface area contributed by atoms with Crippen LogP contribution in [0, 0.1) is 5.92 Å². The van der Waals surface area contributed by atoms with Gasteiger partial charge in [-0.25, -0.2) is 4.98 Å². The fourth-order valence-corrected chi connectivity index (χ4v) is 3.87. The Morgan fingerprint density at radius 1 is 1.38 bits per heavy atom. The lowest BCUT2D eigenvalue weighted by molar-refractivity contribution is 0.0910. The molecule has 4 nitrogen and oxygen atoms in total. The number of thiazole rings is 1. The fourth-order valence-electron chi connectivity index (χ4n) is 3.09. The van der Waals surface area contributed by atoms with Crippen molar-refractivity contribution in [3.05, 3.63) is 52.0 Å². The second-order valence-electron chi connectivity index (χ2n) is 6.22. The molecular weight excluding hydrogens is 320 g/mol. The number of nitrogens with one attached hydrogen (secondary N) is 1. The molecule has 2 aromatic rings. The molecule has 0 bridgehead atoms. The summed E-state index contributed by atoms with van der Waals surface area (Å²) in [5.74, 6) is 0.367. The first-order valence-corrected chi connectivity index (χ1v) is 9.51. The maximum Gasteiger partial charge on any atom is 0.270 e. The van der Waals surface area contributed by atoms with Gasteiger partial charge < -0.3 is 10.1 Å². The van der Waals surface area contributed by atoms with Crippen molar-refractivity contribution in [2.45, 2.75) is 38.6 Å². The van der Waals surface area contributed by atoms with Crippen molar-refractivity contribution in [2.24, 2.45) is 5.92 Å². The van der Waals surface area contributed by atoms with Gasteiger partial charge >= 0.3 is 0 Å². The summed E-state index contributed by atoms with van der Waals surface area (Å²) >= 11 is 1.57. The molecule has 128 valence electrons. The molecule has 1 aromatic heterocycles. The second kappa shape index (κ2) is 8.40. The van der Waals surface area contributed by atoms with Crippen LogP contribution in [0.1, 0.15) is 40.8 Å². The highest BCUT2D eigenvalue weighted by Gasteiger charge is 2.26. The summed E-state index contributed by atoms with van der Waals surface area (Å²) in [6, 6.07) is 10.5. The quantitative estimate of drug-likeness (QED) is 0.837. The monoisotopic (exact) mass is 344 g/mol. The topological polar surface area (TPSA) is 51.2 Å². The van der Waals surface area contributed by atoms with Gasteiger partial charge in [-0.2, -0.15) is 0 Å². The van der Waals surface area contributed by atoms with E-state index in [-0.39, 0.29) is 11.9 Å². The summed E-state index contributed by atoms with van der Waals surface area (Å²) < 4.78 is 5.44. The molecule has 1 aromatic carbocycles. The summed E-state index contributed by atoms with van der Waals surface area (Å²) in [5.41, 5.74) is 1.84. The third-order valence-corrected chi connectivity index (χ3v) is 5.45. The number of nitrogens with zero attached hydrogens (tertiary/aromatic N) is 1. The Hall–Kier alpha value is -1.72. The number of benzene rings is 1. The first-order chi connectivity index (χ1) is 11.8. The third-order valence-electron chi connectivity index (χ3n) is 4.55. The van der Waals surface area contributed by atoms with E-state index in [2.05, 4.69) is 29.4 Å². The van der Waals surface area contributed by atoms with Crippen LogP contribution in [0.2, 0.25) is 0 Å². The molecule has 2 unspecified atom stereocenters. The number of hydrogen-bond acceptors (Lipinski definition) is 4. The van der Waals surface area contributed by atoms with Gasteiger partial charge in [-0.1, -0.05) is 37.3 Å². The summed E-state index contributed by atoms with van der Waals surface area (Å²) in [6.45, 7) is 3.66. The average molecular weight is 344 g/mol. The molecule has 0 spiro atoms. The first-order valence-electron chi connectivity index (χ1n) is 8.63. The normalized spacial score (nSPS) is 18.5. The van der Waals surface area contributed by atoms with Crippen molar-refractivity contribution in [3.8, 4) is 0 Å². The highest BCUT2D eigenvalue weighted by Crippen LogP contribution is 2.20. The number of aromatic nitrogens is 1. The first kappa shape index (κ1) is 17.1. The average Bonchev–Trinajstić information content (AvgIpc) is 3.30. The Morgan fingerprint density at radius 3 is 2.92 bits per heavy atom. The van der Waals surface area contributed by atoms with E-state index < -0.39 is 0 Å². The van der Waals surface area contributed by atoms with E-state index in [4.69, 9.17) is 4.74 Å². The Kier molecular flexibility index (Phi) is 5.99. The molecule has 1 aliphatic heterocycles. The minimum absolute atomic E-state index is 0.0593. The number of rotatable bonds is 7. The van der Waals surface area contributed by atoms with Gasteiger partial charge in [-0.05, 0) is 24.8 Å². The molecule has 0 saturated carbocycles. The van der Waals surface area contributed by atoms with Crippen LogP contribution in [0.5, 0.6) is 0 Å². The smallest absolute Gasteiger partial charge is 0.270 e. The Morgan fingerprint density at radius 2 is 2.21 bits per heavy atom. The van der Waals surface area contributed by atoms with Crippen LogP contribution in [0.3, 0.4) is 0 Å². The zero-order valence-corrected chi connectivity index (χ0v) is 14.8. The summed E-state index contributed by atoms with van der Waals surface area (Å²) in [6.07, 6.45) is 3.77. The molecular formula is C19H24N2O2S. The zero-order chi connectivity index (χ0) is 16.8. The van der Waals surface area contributed by atoms with Crippen LogP contribution >= 0.6 is 11.3 Å². The maximum absolute atomic E-state index is 12.5. The molecule has 1 N–H and O–H groups in total. The molecule has 2 heterocycles. The number of aryl methyl sites for hydroxylation is 2. The van der Waals surface area contributed by atoms with Crippen LogP contribution in [-0.2, 0) is 17.6 Å². The lowest BCUT2D eigenvalue weighted by Gasteiger charge is -2.21. The van der Waals surface area contributed by atoms with E-state index in [9.17, 15) is 4.79 Å². The number of carbonyl (C=O) groups excluding carboxylic acids is 1. The van der Waals surface area contributed by atoms with Gasteiger partial charge in [-0.3, -0.25) is 4.79 Å². The van der Waals surface area contributed by atoms with Crippen LogP contribution in [-0.4, -0.2) is 30.1 Å². The number of amides is 1. The summed E-state index contributed by atoms with van der Waals surface area (Å²) in [4.78, 5) is 17.0. The molecule has 1 saturated heterocycles. The number of ether oxygens (including phenoxy) is 1. The van der Waals surface area contributed by atoms with Crippen molar-refractivity contribution in [3.63, 3.8) is 0 Å². The van der Waals surface area contributed by atoms with Crippen LogP contribution in [0.25, 0.3) is 0 Å². The molecule has 0 aliphatic carbocycles. The van der Waals surface area contributed by atoms with E-state index in [0.29, 0.717) is 11.6 Å². The van der Waals surface area contributed by atoms with Gasteiger partial charge in [0.1, 0.15) is 5.69 Å². The summed E-state index contributed by atoms with van der Waals surface area (Å²) in [5, 5.41) is 6.02. The van der Waals surface area contributed by atoms with Crippen LogP contribution < -0.4 is 5.32 Å². The lowest BCUT2D eigenvalue weighted by Crippen LogP contribution is -2.40. The van der Waals surface area contributed by atoms with Crippen molar-refractivity contribution >= 4 is 17.2 Å². The molecule has 1 aliphatic rings. The fraction of sp³-hybridized carbons (Fsp3) is 0.474. The Balaban J connectivity index is 1.55. The van der Waals surface area contributed by atoms with E-state index >= 15 is 0 Å². The Bertz CT molecular complexity index is 650. The summed E-state index contributed by atoms with van der Waals surface area (Å²) in [7, 11) is 0. The SMILES string of the molecule is CCC(NC(=O)c1csc(CCc2ccccc2)n1)C1CCOC1. The highest BCUT2D eigenvalue weighted by atomic mass is 32.1. The van der Waals surface area contributed by atoms with E-state index in [0.717, 1.165) is 43.9 Å². The van der Waals surface area contributed by atoms with Crippen molar-refractivity contribution in [1.29, 1.82) is 0 Å². The molecule has 24 heavy (non-hydrogen) atoms. The van der Waals surface area contributed by atoms with E-state index in [1.165, 1.54) is 5.56 Å². The lowest BCUT2D eigenvalue weighted by atomic mass is 9.97. The minimum Gasteiger partial charge on any atom is -0.381 e. The van der Waals surface area contributed by atoms with E-state index in [1.54, 1.807) is 11.3 Å². The third kappa shape index (κ3) is 4.42. The molecule has 2 atom stereocenters. The number of hydrogen-bond donors (Lipinski definition) is 1. The molecule has 1 amide bonds. The van der Waals surface area contributed by atoms with Gasteiger partial charge in [0.15, 0.2) is 0 Å². The standard InChI is InChI=1S/C19H24N2O2S/c1-2-16(15-10-11-23-12-15)21-19(22)17-13-24-18(20-17)9-8-14-6-4-3-5-7-14/h3-7,13,15-16H,2,8-12H2,1H3,(H,21,22). The van der Waals surface area contributed by atoms with Gasteiger partial charge in [-0.15, -0.1) is 11.3 Å². The van der Waals surface area contributed by atoms with Gasteiger partial charge in [0.2, 0.25) is 0 Å². The van der Waals surface area contributed by atoms with Crippen molar-refractivity contribution in [1.82, 2.24) is 10.3 Å². The number of carbonyl (C=O) groups is 1. The highest BCUT2D eigenvalue weighted by molar-refractivity contribution is 7.09. The van der Waals surface area contributed by atoms with Crippen molar-refractivity contribution in [2.75, 3.05) is 13.2 Å². The minimum atomic E-state index is -0.0593. The van der Waals surface area contributed by atoms with Gasteiger partial charge in [0, 0.05) is 30.4 Å². The van der Waals surface area contributed by atoms with Gasteiger partial charge in [0.25, 0.3) is 5.91 Å².